The molecule has 0 unspecified atom stereocenters. The molecule has 0 aromatic rings. The molecule has 4 rings (SSSR count). The molecule has 2 fully saturated rings. The summed E-state index contributed by atoms with van der Waals surface area (Å²) in [5.74, 6) is -2.52. The van der Waals surface area contributed by atoms with Crippen LogP contribution < -0.4 is 0 Å². The van der Waals surface area contributed by atoms with Gasteiger partial charge in [-0.1, -0.05) is 104 Å². The zero-order valence-electron chi connectivity index (χ0n) is 27.5. The second-order valence-corrected chi connectivity index (χ2v) is 14.1. The first kappa shape index (κ1) is 34.1. The monoisotopic (exact) mass is 608 g/mol. The zero-order valence-corrected chi connectivity index (χ0v) is 27.5. The van der Waals surface area contributed by atoms with Gasteiger partial charge in [-0.25, -0.2) is 0 Å². The van der Waals surface area contributed by atoms with E-state index in [1.807, 2.05) is 39.0 Å². The van der Waals surface area contributed by atoms with Crippen molar-refractivity contribution in [3.05, 3.63) is 36.0 Å². The number of hydrogen-bond acceptors (Lipinski definition) is 7. The van der Waals surface area contributed by atoms with Gasteiger partial charge < -0.3 is 9.47 Å². The third kappa shape index (κ3) is 6.30. The normalized spacial score (nSPS) is 33.7. The Hall–Kier alpha value is -2.83. The van der Waals surface area contributed by atoms with Crippen LogP contribution in [0.2, 0.25) is 0 Å². The van der Waals surface area contributed by atoms with Crippen molar-refractivity contribution in [2.45, 2.75) is 124 Å². The van der Waals surface area contributed by atoms with Gasteiger partial charge in [-0.3, -0.25) is 24.0 Å². The lowest BCUT2D eigenvalue weighted by Crippen LogP contribution is -2.63. The molecule has 0 aliphatic heterocycles. The minimum atomic E-state index is -1.58. The average molecular weight is 609 g/mol. The van der Waals surface area contributed by atoms with E-state index in [9.17, 15) is 24.0 Å². The molecule has 0 aromatic carbocycles. The van der Waals surface area contributed by atoms with Crippen molar-refractivity contribution >= 4 is 29.3 Å². The van der Waals surface area contributed by atoms with Crippen LogP contribution in [0.4, 0.5) is 0 Å². The predicted molar refractivity (Wildman–Crippen MR) is 168 cm³/mol. The molecular weight excluding hydrogens is 556 g/mol. The van der Waals surface area contributed by atoms with Gasteiger partial charge >= 0.3 is 11.9 Å². The van der Waals surface area contributed by atoms with Gasteiger partial charge in [0.1, 0.15) is 5.78 Å². The second kappa shape index (κ2) is 14.1. The van der Waals surface area contributed by atoms with Crippen LogP contribution in [0.15, 0.2) is 36.0 Å². The number of ether oxygens (including phenoxy) is 2. The first-order valence-corrected chi connectivity index (χ1v) is 17.0. The topological polar surface area (TPSA) is 104 Å². The maximum absolute atomic E-state index is 14.2. The van der Waals surface area contributed by atoms with Crippen molar-refractivity contribution in [2.75, 3.05) is 6.61 Å². The Morgan fingerprint density at radius 1 is 0.909 bits per heavy atom. The Morgan fingerprint density at radius 3 is 2.23 bits per heavy atom. The summed E-state index contributed by atoms with van der Waals surface area (Å²) in [4.78, 5) is 66.0. The van der Waals surface area contributed by atoms with Gasteiger partial charge in [0.25, 0.3) is 0 Å². The van der Waals surface area contributed by atoms with Crippen LogP contribution >= 0.6 is 0 Å². The van der Waals surface area contributed by atoms with Gasteiger partial charge in [0, 0.05) is 41.9 Å². The summed E-state index contributed by atoms with van der Waals surface area (Å²) in [6, 6.07) is 0. The summed E-state index contributed by atoms with van der Waals surface area (Å²) in [7, 11) is 0. The maximum Gasteiger partial charge on any atom is 0.306 e. The second-order valence-electron chi connectivity index (χ2n) is 14.1. The predicted octanol–water partition coefficient (Wildman–Crippen LogP) is 7.22. The fourth-order valence-corrected chi connectivity index (χ4v) is 8.86. The van der Waals surface area contributed by atoms with Crippen LogP contribution in [0.25, 0.3) is 0 Å². The standard InChI is InChI=1S/C37H52O7/c1-6-8-9-10-11-12-13-14-15-16-33(42)44-37(31(40)24-43-32(41)7-2)25(3)21-29-28-18-17-26-22-27(38)19-20-35(26,4)34(28)30(39)23-36(29,37)5/h17-20,22,25,28-29,34H,6-16,21,23-24H2,1-5H3/t25-,28+,29+,34-,35+,36+,37-/m1/s1. The highest BCUT2D eigenvalue weighted by atomic mass is 16.6. The molecule has 0 heterocycles. The van der Waals surface area contributed by atoms with E-state index in [1.54, 1.807) is 19.1 Å². The first-order chi connectivity index (χ1) is 20.9. The molecule has 4 aliphatic carbocycles. The number of carbonyl (C=O) groups is 5. The van der Waals surface area contributed by atoms with Gasteiger partial charge in [0.2, 0.25) is 5.78 Å². The molecule has 7 nitrogen and oxygen atoms in total. The summed E-state index contributed by atoms with van der Waals surface area (Å²) >= 11 is 0. The van der Waals surface area contributed by atoms with Crippen LogP contribution in [-0.4, -0.2) is 41.5 Å². The van der Waals surface area contributed by atoms with Crippen molar-refractivity contribution < 1.29 is 33.4 Å². The average Bonchev–Trinajstić information content (AvgIpc) is 3.21. The van der Waals surface area contributed by atoms with Gasteiger partial charge in [-0.05, 0) is 42.4 Å². The molecule has 0 amide bonds. The molecule has 7 atom stereocenters. The van der Waals surface area contributed by atoms with Crippen LogP contribution in [0.1, 0.15) is 118 Å². The van der Waals surface area contributed by atoms with E-state index in [0.717, 1.165) is 24.8 Å². The number of esters is 2. The van der Waals surface area contributed by atoms with E-state index in [1.165, 1.54) is 32.1 Å². The molecule has 0 saturated heterocycles. The molecule has 4 aliphatic rings. The summed E-state index contributed by atoms with van der Waals surface area (Å²) in [6.45, 7) is 9.24. The number of ketones is 3. The molecule has 2 saturated carbocycles. The number of carbonyl (C=O) groups excluding carboxylic acids is 5. The van der Waals surface area contributed by atoms with Crippen LogP contribution in [0.3, 0.4) is 0 Å². The lowest BCUT2D eigenvalue weighted by atomic mass is 9.48. The number of fused-ring (bicyclic) bond motifs is 5. The van der Waals surface area contributed by atoms with Gasteiger partial charge in [-0.2, -0.15) is 0 Å². The fraction of sp³-hybridized carbons (Fsp3) is 0.703. The minimum Gasteiger partial charge on any atom is -0.457 e. The van der Waals surface area contributed by atoms with Crippen molar-refractivity contribution in [3.63, 3.8) is 0 Å². The summed E-state index contributed by atoms with van der Waals surface area (Å²) in [5.41, 5.74) is -2.33. The van der Waals surface area contributed by atoms with E-state index in [4.69, 9.17) is 9.47 Å². The number of unbranched alkanes of at least 4 members (excludes halogenated alkanes) is 8. The summed E-state index contributed by atoms with van der Waals surface area (Å²) in [5, 5.41) is 0. The minimum absolute atomic E-state index is 0.00249. The van der Waals surface area contributed by atoms with E-state index in [2.05, 4.69) is 6.92 Å². The lowest BCUT2D eigenvalue weighted by Gasteiger charge is -2.55. The van der Waals surface area contributed by atoms with E-state index in [0.29, 0.717) is 12.8 Å². The zero-order chi connectivity index (χ0) is 32.1. The Labute approximate surface area is 263 Å². The lowest BCUT2D eigenvalue weighted by molar-refractivity contribution is -0.196. The molecule has 0 spiro atoms. The third-order valence-corrected chi connectivity index (χ3v) is 11.2. The van der Waals surface area contributed by atoms with Gasteiger partial charge in [-0.15, -0.1) is 0 Å². The van der Waals surface area contributed by atoms with Crippen molar-refractivity contribution in [1.82, 2.24) is 0 Å². The highest BCUT2D eigenvalue weighted by Gasteiger charge is 2.72. The summed E-state index contributed by atoms with van der Waals surface area (Å²) in [6.07, 6.45) is 20.0. The summed E-state index contributed by atoms with van der Waals surface area (Å²) < 4.78 is 11.6. The van der Waals surface area contributed by atoms with Crippen molar-refractivity contribution in [3.8, 4) is 0 Å². The molecule has 0 N–H and O–H groups in total. The SMILES string of the molecule is CCCCCCCCCCCC(=O)O[C@@]1(C(=O)COC(=O)CC)[C@H](C)C[C@H]2[C@@H]3C=CC4=CC(=O)C=C[C@]4(C)[C@H]3C(=O)C[C@@]21C. The number of allylic oxidation sites excluding steroid dienone is 6. The fourth-order valence-electron chi connectivity index (χ4n) is 8.86. The first-order valence-electron chi connectivity index (χ1n) is 17.0. The van der Waals surface area contributed by atoms with E-state index in [-0.39, 0.29) is 54.5 Å². The Kier molecular flexibility index (Phi) is 10.9. The number of hydrogen-bond donors (Lipinski definition) is 0. The van der Waals surface area contributed by atoms with Crippen LogP contribution in [-0.2, 0) is 33.4 Å². The Morgan fingerprint density at radius 2 is 1.57 bits per heavy atom. The van der Waals surface area contributed by atoms with Crippen LogP contribution in [0.5, 0.6) is 0 Å². The third-order valence-electron chi connectivity index (χ3n) is 11.2. The molecule has 0 radical (unpaired) electrons. The Bertz CT molecular complexity index is 1230. The maximum atomic E-state index is 14.2. The smallest absolute Gasteiger partial charge is 0.306 e. The van der Waals surface area contributed by atoms with Crippen molar-refractivity contribution in [1.29, 1.82) is 0 Å². The van der Waals surface area contributed by atoms with Gasteiger partial charge in [0.15, 0.2) is 18.0 Å². The number of Topliss-reactive ketones (excluding diaryl/α,β-unsaturated/α-hetero) is 2. The van der Waals surface area contributed by atoms with Crippen molar-refractivity contribution in [2.24, 2.45) is 34.5 Å². The quantitative estimate of drug-likeness (QED) is 0.143. The molecule has 0 bridgehead atoms. The van der Waals surface area contributed by atoms with E-state index >= 15 is 0 Å². The highest BCUT2D eigenvalue weighted by Crippen LogP contribution is 2.67. The van der Waals surface area contributed by atoms with E-state index < -0.39 is 40.8 Å². The molecule has 7 heteroatoms. The molecule has 0 aromatic heterocycles. The largest absolute Gasteiger partial charge is 0.457 e. The molecule has 44 heavy (non-hydrogen) atoms. The highest BCUT2D eigenvalue weighted by molar-refractivity contribution is 6.02. The Balaban J connectivity index is 1.56. The molecular formula is C37H52O7. The molecule has 242 valence electrons. The van der Waals surface area contributed by atoms with Crippen LogP contribution in [0, 0.1) is 34.5 Å². The number of rotatable bonds is 15. The van der Waals surface area contributed by atoms with Gasteiger partial charge in [0.05, 0.1) is 0 Å².